The number of amides is 1. The topological polar surface area (TPSA) is 99.5 Å². The summed E-state index contributed by atoms with van der Waals surface area (Å²) in [7, 11) is 0. The number of rotatable bonds is 3. The summed E-state index contributed by atoms with van der Waals surface area (Å²) in [5.41, 5.74) is 0.368. The quantitative estimate of drug-likeness (QED) is 0.873. The van der Waals surface area contributed by atoms with Gasteiger partial charge in [0.2, 0.25) is 5.95 Å². The largest absolute Gasteiger partial charge is 0.481 e. The highest BCUT2D eigenvalue weighted by Crippen LogP contribution is 2.44. The van der Waals surface area contributed by atoms with E-state index in [0.29, 0.717) is 31.1 Å². The van der Waals surface area contributed by atoms with Crippen molar-refractivity contribution in [1.82, 2.24) is 19.9 Å². The number of aliphatic carboxylic acids is 1. The molecule has 26 heavy (non-hydrogen) atoms. The smallest absolute Gasteiger partial charge is 0.313 e. The van der Waals surface area contributed by atoms with E-state index in [1.807, 2.05) is 11.8 Å². The average molecular weight is 353 g/mol. The number of hydrogen-bond donors (Lipinski definition) is 1. The first kappa shape index (κ1) is 16.4. The number of hydrogen-bond acceptors (Lipinski definition) is 6. The molecule has 0 saturated carbocycles. The van der Waals surface area contributed by atoms with Gasteiger partial charge in [0.15, 0.2) is 0 Å². The average Bonchev–Trinajstić information content (AvgIpc) is 3.18. The Morgan fingerprint density at radius 2 is 1.96 bits per heavy atom. The normalized spacial score (nSPS) is 24.6. The molecule has 2 fully saturated rings. The number of pyridine rings is 1. The fourth-order valence-corrected chi connectivity index (χ4v) is 3.99. The van der Waals surface area contributed by atoms with Crippen molar-refractivity contribution in [3.63, 3.8) is 0 Å². The van der Waals surface area contributed by atoms with Gasteiger partial charge in [-0.3, -0.25) is 14.6 Å². The second-order valence-electron chi connectivity index (χ2n) is 6.96. The third-order valence-corrected chi connectivity index (χ3v) is 5.43. The van der Waals surface area contributed by atoms with Gasteiger partial charge in [0.1, 0.15) is 5.41 Å². The first-order valence-corrected chi connectivity index (χ1v) is 8.46. The zero-order chi connectivity index (χ0) is 18.3. The minimum absolute atomic E-state index is 0.159. The van der Waals surface area contributed by atoms with Crippen LogP contribution in [0.1, 0.15) is 15.9 Å². The summed E-state index contributed by atoms with van der Waals surface area (Å²) in [6.45, 7) is 3.26. The molecule has 2 aromatic rings. The molecule has 8 nitrogen and oxygen atoms in total. The number of carboxylic acids is 1. The van der Waals surface area contributed by atoms with Crippen molar-refractivity contribution in [3.8, 4) is 0 Å². The van der Waals surface area contributed by atoms with Crippen molar-refractivity contribution in [2.75, 3.05) is 31.1 Å². The molecule has 0 unspecified atom stereocenters. The lowest BCUT2D eigenvalue weighted by molar-refractivity contribution is -0.148. The highest BCUT2D eigenvalue weighted by Gasteiger charge is 2.59. The van der Waals surface area contributed by atoms with E-state index in [1.54, 1.807) is 41.8 Å². The van der Waals surface area contributed by atoms with Gasteiger partial charge in [-0.2, -0.15) is 0 Å². The van der Waals surface area contributed by atoms with Crippen LogP contribution >= 0.6 is 0 Å². The van der Waals surface area contributed by atoms with Crippen LogP contribution in [0.5, 0.6) is 0 Å². The van der Waals surface area contributed by atoms with E-state index in [1.165, 1.54) is 0 Å². The standard InChI is InChI=1S/C18H19N5O3/c1-12-3-6-19-7-14(12)15(24)22-8-13-9-23(17-20-4-2-5-21-17)11-18(13,10-22)16(25)26/h2-7,13H,8-11H2,1H3,(H,25,26)/t13-,18-/m1/s1. The van der Waals surface area contributed by atoms with Crippen LogP contribution in [0, 0.1) is 18.3 Å². The highest BCUT2D eigenvalue weighted by molar-refractivity contribution is 5.96. The molecule has 1 amide bonds. The SMILES string of the molecule is Cc1ccncc1C(=O)N1C[C@@H]2CN(c3ncccn3)C[C@]2(C(=O)O)C1. The molecule has 8 heteroatoms. The molecule has 4 rings (SSSR count). The third kappa shape index (κ3) is 2.49. The van der Waals surface area contributed by atoms with E-state index in [4.69, 9.17) is 0 Å². The van der Waals surface area contributed by atoms with Crippen molar-refractivity contribution in [3.05, 3.63) is 48.0 Å². The second-order valence-corrected chi connectivity index (χ2v) is 6.96. The molecular weight excluding hydrogens is 334 g/mol. The number of carbonyl (C=O) groups excluding carboxylic acids is 1. The highest BCUT2D eigenvalue weighted by atomic mass is 16.4. The number of likely N-dealkylation sites (tertiary alicyclic amines) is 1. The van der Waals surface area contributed by atoms with Crippen molar-refractivity contribution < 1.29 is 14.7 Å². The monoisotopic (exact) mass is 353 g/mol. The van der Waals surface area contributed by atoms with Crippen molar-refractivity contribution in [2.24, 2.45) is 11.3 Å². The molecule has 2 atom stereocenters. The molecule has 4 heterocycles. The molecule has 2 saturated heterocycles. The summed E-state index contributed by atoms with van der Waals surface area (Å²) in [6, 6.07) is 3.51. The summed E-state index contributed by atoms with van der Waals surface area (Å²) in [5, 5.41) is 9.95. The molecule has 134 valence electrons. The van der Waals surface area contributed by atoms with Gasteiger partial charge < -0.3 is 14.9 Å². The van der Waals surface area contributed by atoms with Crippen LogP contribution in [0.15, 0.2) is 36.9 Å². The maximum atomic E-state index is 12.9. The fourth-order valence-electron chi connectivity index (χ4n) is 3.99. The number of nitrogens with zero attached hydrogens (tertiary/aromatic N) is 5. The maximum Gasteiger partial charge on any atom is 0.313 e. The number of carboxylic acid groups (broad SMARTS) is 1. The number of aryl methyl sites for hydroxylation is 1. The van der Waals surface area contributed by atoms with Crippen LogP contribution in [-0.2, 0) is 4.79 Å². The van der Waals surface area contributed by atoms with Crippen LogP contribution in [0.25, 0.3) is 0 Å². The first-order chi connectivity index (χ1) is 12.5. The van der Waals surface area contributed by atoms with E-state index in [2.05, 4.69) is 15.0 Å². The van der Waals surface area contributed by atoms with Gasteiger partial charge in [-0.1, -0.05) is 0 Å². The lowest BCUT2D eigenvalue weighted by atomic mass is 9.81. The lowest BCUT2D eigenvalue weighted by Gasteiger charge is -2.25. The van der Waals surface area contributed by atoms with Crippen LogP contribution < -0.4 is 4.90 Å². The summed E-state index contributed by atoms with van der Waals surface area (Å²) >= 11 is 0. The Kier molecular flexibility index (Phi) is 3.82. The Morgan fingerprint density at radius 1 is 1.19 bits per heavy atom. The van der Waals surface area contributed by atoms with Gasteiger partial charge in [-0.15, -0.1) is 0 Å². The molecule has 2 aliphatic rings. The molecule has 2 aromatic heterocycles. The van der Waals surface area contributed by atoms with Crippen LogP contribution in [-0.4, -0.2) is 63.0 Å². The van der Waals surface area contributed by atoms with Gasteiger partial charge >= 0.3 is 5.97 Å². The Hall–Kier alpha value is -3.03. The van der Waals surface area contributed by atoms with Gasteiger partial charge in [0.25, 0.3) is 5.91 Å². The summed E-state index contributed by atoms with van der Waals surface area (Å²) in [5.74, 6) is -0.666. The van der Waals surface area contributed by atoms with Gasteiger partial charge in [0, 0.05) is 56.9 Å². The minimum atomic E-state index is -0.995. The Labute approximate surface area is 150 Å². The van der Waals surface area contributed by atoms with Crippen molar-refractivity contribution in [1.29, 1.82) is 0 Å². The minimum Gasteiger partial charge on any atom is -0.481 e. The molecular formula is C18H19N5O3. The van der Waals surface area contributed by atoms with E-state index >= 15 is 0 Å². The molecule has 0 spiro atoms. The number of aromatic nitrogens is 3. The molecule has 1 N–H and O–H groups in total. The molecule has 0 aromatic carbocycles. The van der Waals surface area contributed by atoms with Crippen molar-refractivity contribution >= 4 is 17.8 Å². The third-order valence-electron chi connectivity index (χ3n) is 5.43. The molecule has 0 radical (unpaired) electrons. The van der Waals surface area contributed by atoms with E-state index in [-0.39, 0.29) is 18.4 Å². The van der Waals surface area contributed by atoms with E-state index < -0.39 is 11.4 Å². The van der Waals surface area contributed by atoms with Crippen molar-refractivity contribution in [2.45, 2.75) is 6.92 Å². The van der Waals surface area contributed by atoms with E-state index in [9.17, 15) is 14.7 Å². The van der Waals surface area contributed by atoms with Gasteiger partial charge in [-0.05, 0) is 24.6 Å². The summed E-state index contributed by atoms with van der Waals surface area (Å²) < 4.78 is 0. The first-order valence-electron chi connectivity index (χ1n) is 8.46. The Bertz CT molecular complexity index is 859. The molecule has 0 aliphatic carbocycles. The van der Waals surface area contributed by atoms with Crippen LogP contribution in [0.4, 0.5) is 5.95 Å². The zero-order valence-corrected chi connectivity index (χ0v) is 14.4. The Morgan fingerprint density at radius 3 is 2.62 bits per heavy atom. The number of anilines is 1. The summed E-state index contributed by atoms with van der Waals surface area (Å²) in [4.78, 5) is 41.0. The molecule has 0 bridgehead atoms. The molecule has 2 aliphatic heterocycles. The number of fused-ring (bicyclic) bond motifs is 1. The van der Waals surface area contributed by atoms with Gasteiger partial charge in [-0.25, -0.2) is 9.97 Å². The number of carbonyl (C=O) groups is 2. The lowest BCUT2D eigenvalue weighted by Crippen LogP contribution is -2.42. The predicted octanol–water partition coefficient (Wildman–Crippen LogP) is 0.843. The Balaban J connectivity index is 1.59. The van der Waals surface area contributed by atoms with Crippen LogP contribution in [0.3, 0.4) is 0 Å². The fraction of sp³-hybridized carbons (Fsp3) is 0.389. The van der Waals surface area contributed by atoms with Gasteiger partial charge in [0.05, 0.1) is 5.56 Å². The van der Waals surface area contributed by atoms with E-state index in [0.717, 1.165) is 5.56 Å². The second kappa shape index (κ2) is 6.05. The predicted molar refractivity (Wildman–Crippen MR) is 92.7 cm³/mol. The zero-order valence-electron chi connectivity index (χ0n) is 14.4. The maximum absolute atomic E-state index is 12.9. The summed E-state index contributed by atoms with van der Waals surface area (Å²) in [6.07, 6.45) is 6.47. The van der Waals surface area contributed by atoms with Crippen LogP contribution in [0.2, 0.25) is 0 Å².